The highest BCUT2D eigenvalue weighted by Crippen LogP contribution is 2.28. The van der Waals surface area contributed by atoms with Crippen molar-refractivity contribution >= 4 is 0 Å². The molecule has 78 valence electrons. The van der Waals surface area contributed by atoms with Crippen molar-refractivity contribution in [2.45, 2.75) is 32.4 Å². The van der Waals surface area contributed by atoms with Crippen molar-refractivity contribution in [2.24, 2.45) is 5.92 Å². The molecule has 0 aliphatic carbocycles. The Morgan fingerprint density at radius 3 is 2.31 bits per heavy atom. The summed E-state index contributed by atoms with van der Waals surface area (Å²) in [6.07, 6.45) is -0.173. The predicted octanol–water partition coefficient (Wildman–Crippen LogP) is 3.88. The topological polar surface area (TPSA) is 0 Å². The van der Waals surface area contributed by atoms with Crippen LogP contribution in [-0.2, 0) is 0 Å². The fraction of sp³-hybridized carbons (Fsp3) is 0.778. The van der Waals surface area contributed by atoms with Gasteiger partial charge in [0.05, 0.1) is 12.6 Å². The molecule has 0 radical (unpaired) electrons. The molecule has 0 bridgehead atoms. The van der Waals surface area contributed by atoms with Crippen LogP contribution in [-0.4, -0.2) is 12.9 Å². The van der Waals surface area contributed by atoms with Gasteiger partial charge in [-0.1, -0.05) is 19.1 Å². The van der Waals surface area contributed by atoms with Gasteiger partial charge in [0.15, 0.2) is 0 Å². The molecule has 0 saturated carbocycles. The van der Waals surface area contributed by atoms with E-state index in [9.17, 15) is 17.6 Å². The molecule has 0 aromatic heterocycles. The molecule has 0 aliphatic heterocycles. The highest BCUT2D eigenvalue weighted by Gasteiger charge is 2.34. The van der Waals surface area contributed by atoms with E-state index in [1.807, 2.05) is 0 Å². The SMILES string of the molecule is CC(CC=CCCCF)C(F)(F)F. The first-order valence-electron chi connectivity index (χ1n) is 4.26. The molecule has 0 N–H and O–H groups in total. The second kappa shape index (κ2) is 6.00. The molecule has 0 nitrogen and oxygen atoms in total. The minimum atomic E-state index is -4.12. The Kier molecular flexibility index (Phi) is 5.75. The van der Waals surface area contributed by atoms with Gasteiger partial charge >= 0.3 is 6.18 Å². The summed E-state index contributed by atoms with van der Waals surface area (Å²) in [5.74, 6) is -1.31. The summed E-state index contributed by atoms with van der Waals surface area (Å²) < 4.78 is 47.3. The zero-order valence-corrected chi connectivity index (χ0v) is 7.57. The zero-order valence-electron chi connectivity index (χ0n) is 7.57. The Bertz CT molecular complexity index is 148. The predicted molar refractivity (Wildman–Crippen MR) is 44.2 cm³/mol. The van der Waals surface area contributed by atoms with E-state index in [1.54, 1.807) is 6.08 Å². The molecule has 13 heavy (non-hydrogen) atoms. The van der Waals surface area contributed by atoms with E-state index in [0.717, 1.165) is 6.92 Å². The monoisotopic (exact) mass is 198 g/mol. The van der Waals surface area contributed by atoms with Crippen LogP contribution in [0.5, 0.6) is 0 Å². The molecule has 0 rings (SSSR count). The van der Waals surface area contributed by atoms with E-state index in [2.05, 4.69) is 0 Å². The lowest BCUT2D eigenvalue weighted by molar-refractivity contribution is -0.168. The number of hydrogen-bond acceptors (Lipinski definition) is 0. The fourth-order valence-electron chi connectivity index (χ4n) is 0.747. The molecule has 0 saturated heterocycles. The zero-order chi connectivity index (χ0) is 10.3. The molecule has 0 aromatic rings. The Labute approximate surface area is 75.6 Å². The lowest BCUT2D eigenvalue weighted by Crippen LogP contribution is -2.18. The van der Waals surface area contributed by atoms with Crippen LogP contribution in [0.2, 0.25) is 0 Å². The van der Waals surface area contributed by atoms with Gasteiger partial charge in [-0.05, 0) is 19.3 Å². The van der Waals surface area contributed by atoms with E-state index >= 15 is 0 Å². The smallest absolute Gasteiger partial charge is 0.251 e. The average molecular weight is 198 g/mol. The van der Waals surface area contributed by atoms with Crippen molar-refractivity contribution in [3.63, 3.8) is 0 Å². The molecule has 1 atom stereocenters. The normalized spacial score (nSPS) is 15.2. The van der Waals surface area contributed by atoms with Crippen LogP contribution >= 0.6 is 0 Å². The summed E-state index contributed by atoms with van der Waals surface area (Å²) in [4.78, 5) is 0. The first kappa shape index (κ1) is 12.5. The van der Waals surface area contributed by atoms with Crippen molar-refractivity contribution in [1.82, 2.24) is 0 Å². The summed E-state index contributed by atoms with van der Waals surface area (Å²) >= 11 is 0. The molecule has 0 aliphatic rings. The van der Waals surface area contributed by atoms with Gasteiger partial charge in [0.2, 0.25) is 0 Å². The van der Waals surface area contributed by atoms with Crippen LogP contribution in [0, 0.1) is 5.92 Å². The lowest BCUT2D eigenvalue weighted by atomic mass is 10.1. The van der Waals surface area contributed by atoms with Gasteiger partial charge in [-0.2, -0.15) is 13.2 Å². The molecule has 0 spiro atoms. The lowest BCUT2D eigenvalue weighted by Gasteiger charge is -2.12. The van der Waals surface area contributed by atoms with Gasteiger partial charge in [-0.3, -0.25) is 4.39 Å². The standard InChI is InChI=1S/C9H14F4/c1-8(9(11,12)13)6-4-2-3-5-7-10/h2,4,8H,3,5-7H2,1H3. The molecule has 0 amide bonds. The van der Waals surface area contributed by atoms with Crippen molar-refractivity contribution in [3.05, 3.63) is 12.2 Å². The number of allylic oxidation sites excluding steroid dienone is 2. The summed E-state index contributed by atoms with van der Waals surface area (Å²) in [6, 6.07) is 0. The number of rotatable bonds is 5. The minimum absolute atomic E-state index is 0.0181. The van der Waals surface area contributed by atoms with Gasteiger partial charge in [-0.25, -0.2) is 0 Å². The van der Waals surface area contributed by atoms with Gasteiger partial charge < -0.3 is 0 Å². The molecule has 4 heteroatoms. The Morgan fingerprint density at radius 1 is 1.23 bits per heavy atom. The first-order valence-corrected chi connectivity index (χ1v) is 4.26. The molecule has 0 aromatic carbocycles. The number of halogens is 4. The summed E-state index contributed by atoms with van der Waals surface area (Å²) in [5.41, 5.74) is 0. The van der Waals surface area contributed by atoms with Crippen LogP contribution in [0.1, 0.15) is 26.2 Å². The highest BCUT2D eigenvalue weighted by atomic mass is 19.4. The molecular weight excluding hydrogens is 184 g/mol. The molecule has 0 heterocycles. The number of unbranched alkanes of at least 4 members (excludes halogenated alkanes) is 1. The van der Waals surface area contributed by atoms with Crippen LogP contribution in [0.3, 0.4) is 0 Å². The van der Waals surface area contributed by atoms with Crippen molar-refractivity contribution in [1.29, 1.82) is 0 Å². The largest absolute Gasteiger partial charge is 0.391 e. The average Bonchev–Trinajstić information content (AvgIpc) is 2.02. The molecular formula is C9H14F4. The van der Waals surface area contributed by atoms with Gasteiger partial charge in [0, 0.05) is 0 Å². The van der Waals surface area contributed by atoms with E-state index in [0.29, 0.717) is 12.8 Å². The Hall–Kier alpha value is -0.540. The van der Waals surface area contributed by atoms with Crippen LogP contribution in [0.15, 0.2) is 12.2 Å². The van der Waals surface area contributed by atoms with Crippen molar-refractivity contribution in [2.75, 3.05) is 6.67 Å². The maximum atomic E-state index is 11.9. The molecule has 1 unspecified atom stereocenters. The Balaban J connectivity index is 3.57. The molecule has 0 fully saturated rings. The maximum absolute atomic E-state index is 11.9. The summed E-state index contributed by atoms with van der Waals surface area (Å²) in [7, 11) is 0. The quantitative estimate of drug-likeness (QED) is 0.357. The van der Waals surface area contributed by atoms with Gasteiger partial charge in [0.1, 0.15) is 0 Å². The third-order valence-corrected chi connectivity index (χ3v) is 1.72. The first-order chi connectivity index (χ1) is 5.98. The van der Waals surface area contributed by atoms with Crippen molar-refractivity contribution in [3.8, 4) is 0 Å². The summed E-state index contributed by atoms with van der Waals surface area (Å²) in [5, 5.41) is 0. The van der Waals surface area contributed by atoms with E-state index in [1.165, 1.54) is 6.08 Å². The van der Waals surface area contributed by atoms with Crippen LogP contribution in [0.25, 0.3) is 0 Å². The maximum Gasteiger partial charge on any atom is 0.391 e. The van der Waals surface area contributed by atoms with Crippen LogP contribution in [0.4, 0.5) is 17.6 Å². The van der Waals surface area contributed by atoms with E-state index < -0.39 is 18.8 Å². The number of hydrogen-bond donors (Lipinski definition) is 0. The number of alkyl halides is 4. The van der Waals surface area contributed by atoms with Crippen molar-refractivity contribution < 1.29 is 17.6 Å². The fourth-order valence-corrected chi connectivity index (χ4v) is 0.747. The third-order valence-electron chi connectivity index (χ3n) is 1.72. The van der Waals surface area contributed by atoms with E-state index in [-0.39, 0.29) is 6.42 Å². The van der Waals surface area contributed by atoms with Crippen LogP contribution < -0.4 is 0 Å². The van der Waals surface area contributed by atoms with Gasteiger partial charge in [0.25, 0.3) is 0 Å². The highest BCUT2D eigenvalue weighted by molar-refractivity contribution is 4.84. The van der Waals surface area contributed by atoms with Gasteiger partial charge in [-0.15, -0.1) is 0 Å². The second-order valence-corrected chi connectivity index (χ2v) is 2.98. The second-order valence-electron chi connectivity index (χ2n) is 2.98. The third kappa shape index (κ3) is 6.61. The van der Waals surface area contributed by atoms with E-state index in [4.69, 9.17) is 0 Å². The summed E-state index contributed by atoms with van der Waals surface area (Å²) in [6.45, 7) is 0.721. The minimum Gasteiger partial charge on any atom is -0.251 e. The Morgan fingerprint density at radius 2 is 1.85 bits per heavy atom.